The SMILES string of the molecule is CC(C(=O)O)C1C(=O)Nc2cccc(Cl)c21. The van der Waals surface area contributed by atoms with Gasteiger partial charge in [-0.1, -0.05) is 24.6 Å². The molecule has 2 rings (SSSR count). The van der Waals surface area contributed by atoms with Crippen molar-refractivity contribution in [3.05, 3.63) is 28.8 Å². The second kappa shape index (κ2) is 3.79. The zero-order chi connectivity index (χ0) is 11.9. The summed E-state index contributed by atoms with van der Waals surface area (Å²) in [5.74, 6) is -2.81. The van der Waals surface area contributed by atoms with Crippen molar-refractivity contribution in [3.63, 3.8) is 0 Å². The van der Waals surface area contributed by atoms with Crippen LogP contribution in [0.15, 0.2) is 18.2 Å². The highest BCUT2D eigenvalue weighted by atomic mass is 35.5. The van der Waals surface area contributed by atoms with Gasteiger partial charge in [-0.25, -0.2) is 0 Å². The Morgan fingerprint density at radius 3 is 2.88 bits per heavy atom. The number of benzene rings is 1. The molecule has 16 heavy (non-hydrogen) atoms. The molecule has 2 N–H and O–H groups in total. The fourth-order valence-electron chi connectivity index (χ4n) is 1.92. The molecular formula is C11H10ClNO3. The van der Waals surface area contributed by atoms with E-state index in [2.05, 4.69) is 5.32 Å². The fourth-order valence-corrected chi connectivity index (χ4v) is 2.22. The first-order valence-corrected chi connectivity index (χ1v) is 5.22. The van der Waals surface area contributed by atoms with Crippen LogP contribution in [0.1, 0.15) is 18.4 Å². The summed E-state index contributed by atoms with van der Waals surface area (Å²) in [5.41, 5.74) is 1.19. The van der Waals surface area contributed by atoms with Gasteiger partial charge in [0.05, 0.1) is 11.8 Å². The lowest BCUT2D eigenvalue weighted by atomic mass is 9.88. The van der Waals surface area contributed by atoms with Gasteiger partial charge in [-0.2, -0.15) is 0 Å². The second-order valence-corrected chi connectivity index (χ2v) is 4.20. The third-order valence-electron chi connectivity index (χ3n) is 2.79. The van der Waals surface area contributed by atoms with Crippen LogP contribution in [0.2, 0.25) is 5.02 Å². The van der Waals surface area contributed by atoms with E-state index in [0.29, 0.717) is 16.3 Å². The van der Waals surface area contributed by atoms with Crippen molar-refractivity contribution < 1.29 is 14.7 Å². The number of fused-ring (bicyclic) bond motifs is 1. The minimum atomic E-state index is -1.01. The summed E-state index contributed by atoms with van der Waals surface area (Å²) in [6.45, 7) is 1.50. The van der Waals surface area contributed by atoms with E-state index < -0.39 is 17.8 Å². The monoisotopic (exact) mass is 239 g/mol. The van der Waals surface area contributed by atoms with Gasteiger partial charge in [0.15, 0.2) is 0 Å². The van der Waals surface area contributed by atoms with Gasteiger partial charge in [0.2, 0.25) is 5.91 Å². The van der Waals surface area contributed by atoms with Gasteiger partial charge in [-0.05, 0) is 12.1 Å². The molecular weight excluding hydrogens is 230 g/mol. The average Bonchev–Trinajstić information content (AvgIpc) is 2.54. The predicted octanol–water partition coefficient (Wildman–Crippen LogP) is 2.10. The van der Waals surface area contributed by atoms with Gasteiger partial charge >= 0.3 is 5.97 Å². The van der Waals surface area contributed by atoms with Crippen LogP contribution >= 0.6 is 11.6 Å². The first kappa shape index (κ1) is 11.0. The third-order valence-corrected chi connectivity index (χ3v) is 3.12. The van der Waals surface area contributed by atoms with E-state index in [-0.39, 0.29) is 5.91 Å². The van der Waals surface area contributed by atoms with Gasteiger partial charge in [-0.15, -0.1) is 0 Å². The normalized spacial score (nSPS) is 20.1. The molecule has 5 heteroatoms. The molecule has 0 radical (unpaired) electrons. The number of anilines is 1. The molecule has 2 unspecified atom stereocenters. The topological polar surface area (TPSA) is 66.4 Å². The Bertz CT molecular complexity index is 472. The van der Waals surface area contributed by atoms with Crippen molar-refractivity contribution in [2.45, 2.75) is 12.8 Å². The Hall–Kier alpha value is -1.55. The maximum atomic E-state index is 11.7. The smallest absolute Gasteiger partial charge is 0.307 e. The fraction of sp³-hybridized carbons (Fsp3) is 0.273. The van der Waals surface area contributed by atoms with Crippen molar-refractivity contribution in [2.75, 3.05) is 5.32 Å². The molecule has 2 atom stereocenters. The van der Waals surface area contributed by atoms with Gasteiger partial charge in [-0.3, -0.25) is 9.59 Å². The van der Waals surface area contributed by atoms with Crippen LogP contribution in [0.5, 0.6) is 0 Å². The first-order valence-electron chi connectivity index (χ1n) is 4.84. The maximum absolute atomic E-state index is 11.7. The number of halogens is 1. The number of carbonyl (C=O) groups is 2. The van der Waals surface area contributed by atoms with Crippen molar-refractivity contribution in [3.8, 4) is 0 Å². The molecule has 4 nitrogen and oxygen atoms in total. The lowest BCUT2D eigenvalue weighted by molar-refractivity contribution is -0.143. The van der Waals surface area contributed by atoms with Crippen molar-refractivity contribution in [1.82, 2.24) is 0 Å². The highest BCUT2D eigenvalue weighted by Gasteiger charge is 2.39. The van der Waals surface area contributed by atoms with E-state index in [0.717, 1.165) is 0 Å². The van der Waals surface area contributed by atoms with Crippen LogP contribution in [-0.2, 0) is 9.59 Å². The quantitative estimate of drug-likeness (QED) is 0.831. The van der Waals surface area contributed by atoms with Gasteiger partial charge in [0.1, 0.15) is 0 Å². The van der Waals surface area contributed by atoms with Crippen molar-refractivity contribution in [1.29, 1.82) is 0 Å². The summed E-state index contributed by atoms with van der Waals surface area (Å²) in [5, 5.41) is 12.0. The number of rotatable bonds is 2. The van der Waals surface area contributed by atoms with E-state index in [1.54, 1.807) is 18.2 Å². The molecule has 0 bridgehead atoms. The van der Waals surface area contributed by atoms with Crippen LogP contribution < -0.4 is 5.32 Å². The number of amides is 1. The van der Waals surface area contributed by atoms with Crippen LogP contribution in [-0.4, -0.2) is 17.0 Å². The molecule has 1 aromatic carbocycles. The second-order valence-electron chi connectivity index (χ2n) is 3.79. The molecule has 0 spiro atoms. The molecule has 0 aromatic heterocycles. The Kier molecular flexibility index (Phi) is 2.59. The standard InChI is InChI=1S/C11H10ClNO3/c1-5(11(15)16)8-9-6(12)3-2-4-7(9)13-10(8)14/h2-5,8H,1H3,(H,13,14)(H,15,16). The summed E-state index contributed by atoms with van der Waals surface area (Å²) in [6, 6.07) is 5.09. The number of carboxylic acid groups (broad SMARTS) is 1. The van der Waals surface area contributed by atoms with E-state index in [1.165, 1.54) is 6.92 Å². The first-order chi connectivity index (χ1) is 7.52. The molecule has 1 amide bonds. The maximum Gasteiger partial charge on any atom is 0.307 e. The van der Waals surface area contributed by atoms with Crippen molar-refractivity contribution >= 4 is 29.2 Å². The highest BCUT2D eigenvalue weighted by molar-refractivity contribution is 6.33. The Balaban J connectivity index is 2.50. The molecule has 0 aliphatic carbocycles. The zero-order valence-electron chi connectivity index (χ0n) is 8.53. The largest absolute Gasteiger partial charge is 0.481 e. The molecule has 1 aromatic rings. The molecule has 1 aliphatic heterocycles. The molecule has 0 saturated heterocycles. The van der Waals surface area contributed by atoms with Crippen molar-refractivity contribution in [2.24, 2.45) is 5.92 Å². The minimum Gasteiger partial charge on any atom is -0.481 e. The molecule has 1 heterocycles. The van der Waals surface area contributed by atoms with Gasteiger partial charge in [0, 0.05) is 16.3 Å². The number of carboxylic acids is 1. The van der Waals surface area contributed by atoms with Crippen LogP contribution in [0, 0.1) is 5.92 Å². The van der Waals surface area contributed by atoms with Crippen LogP contribution in [0.3, 0.4) is 0 Å². The Morgan fingerprint density at radius 1 is 1.56 bits per heavy atom. The van der Waals surface area contributed by atoms with Gasteiger partial charge < -0.3 is 10.4 Å². The van der Waals surface area contributed by atoms with Crippen LogP contribution in [0.4, 0.5) is 5.69 Å². The van der Waals surface area contributed by atoms with E-state index in [1.807, 2.05) is 0 Å². The van der Waals surface area contributed by atoms with E-state index in [9.17, 15) is 9.59 Å². The number of aliphatic carboxylic acids is 1. The predicted molar refractivity (Wildman–Crippen MR) is 59.6 cm³/mol. The molecule has 84 valence electrons. The summed E-state index contributed by atoms with van der Waals surface area (Å²) >= 11 is 5.99. The molecule has 0 saturated carbocycles. The Morgan fingerprint density at radius 2 is 2.25 bits per heavy atom. The lowest BCUT2D eigenvalue weighted by Crippen LogP contribution is -2.24. The van der Waals surface area contributed by atoms with E-state index >= 15 is 0 Å². The zero-order valence-corrected chi connectivity index (χ0v) is 9.28. The average molecular weight is 240 g/mol. The lowest BCUT2D eigenvalue weighted by Gasteiger charge is -2.14. The number of carbonyl (C=O) groups excluding carboxylic acids is 1. The number of nitrogens with one attached hydrogen (secondary N) is 1. The Labute approximate surface area is 97.2 Å². The molecule has 0 fully saturated rings. The number of hydrogen-bond donors (Lipinski definition) is 2. The van der Waals surface area contributed by atoms with Gasteiger partial charge in [0.25, 0.3) is 0 Å². The summed E-state index contributed by atoms with van der Waals surface area (Å²) in [7, 11) is 0. The highest BCUT2D eigenvalue weighted by Crippen LogP contribution is 2.41. The third kappa shape index (κ3) is 1.55. The summed E-state index contributed by atoms with van der Waals surface area (Å²) in [6.07, 6.45) is 0. The molecule has 1 aliphatic rings. The van der Waals surface area contributed by atoms with E-state index in [4.69, 9.17) is 16.7 Å². The summed E-state index contributed by atoms with van der Waals surface area (Å²) < 4.78 is 0. The summed E-state index contributed by atoms with van der Waals surface area (Å²) in [4.78, 5) is 22.6. The number of hydrogen-bond acceptors (Lipinski definition) is 2. The minimum absolute atomic E-state index is 0.307. The van der Waals surface area contributed by atoms with Crippen LogP contribution in [0.25, 0.3) is 0 Å².